The minimum atomic E-state index is -3.87. The van der Waals surface area contributed by atoms with E-state index in [1.807, 2.05) is 6.92 Å². The van der Waals surface area contributed by atoms with Crippen LogP contribution in [0.1, 0.15) is 46.1 Å². The van der Waals surface area contributed by atoms with Gasteiger partial charge in [-0.05, 0) is 46.8 Å². The van der Waals surface area contributed by atoms with Crippen LogP contribution in [-0.2, 0) is 29.0 Å². The van der Waals surface area contributed by atoms with Gasteiger partial charge in [0.1, 0.15) is 0 Å². The standard InChI is InChI=1S/C23H37NO8S/c1-16-6-8-21(9-7-16)33(27,28)24(12-17-10-19(14-25)31-22(2,3)29-17)13-18-11-20(15-26)32-23(4,5)30-18/h6-9,17-20,25-26H,10-15H2,1-5H3/t17-,18-,19+,20+/m1/s1. The largest absolute Gasteiger partial charge is 0.394 e. The number of aliphatic hydroxyl groups excluding tert-OH is 2. The van der Waals surface area contributed by atoms with Gasteiger partial charge in [0.05, 0.1) is 42.5 Å². The van der Waals surface area contributed by atoms with E-state index < -0.39 is 46.0 Å². The molecule has 2 N–H and O–H groups in total. The molecule has 1 aromatic rings. The van der Waals surface area contributed by atoms with Crippen molar-refractivity contribution >= 4 is 10.0 Å². The van der Waals surface area contributed by atoms with Gasteiger partial charge in [0.25, 0.3) is 0 Å². The van der Waals surface area contributed by atoms with Crippen molar-refractivity contribution in [2.75, 3.05) is 26.3 Å². The van der Waals surface area contributed by atoms with E-state index in [0.717, 1.165) is 5.56 Å². The molecule has 33 heavy (non-hydrogen) atoms. The summed E-state index contributed by atoms with van der Waals surface area (Å²) in [6.07, 6.45) is -1.13. The highest BCUT2D eigenvalue weighted by Crippen LogP contribution is 2.31. The summed E-state index contributed by atoms with van der Waals surface area (Å²) in [7, 11) is -3.87. The van der Waals surface area contributed by atoms with Crippen molar-refractivity contribution in [2.24, 2.45) is 0 Å². The molecule has 0 radical (unpaired) electrons. The summed E-state index contributed by atoms with van der Waals surface area (Å²) in [6, 6.07) is 6.70. The van der Waals surface area contributed by atoms with Crippen LogP contribution in [0.25, 0.3) is 0 Å². The molecule has 188 valence electrons. The molecule has 0 unspecified atom stereocenters. The van der Waals surface area contributed by atoms with Gasteiger partial charge in [0.2, 0.25) is 10.0 Å². The Labute approximate surface area is 196 Å². The average Bonchev–Trinajstić information content (AvgIpc) is 2.71. The zero-order chi connectivity index (χ0) is 24.4. The third-order valence-electron chi connectivity index (χ3n) is 5.73. The quantitative estimate of drug-likeness (QED) is 0.570. The zero-order valence-corrected chi connectivity index (χ0v) is 20.9. The summed E-state index contributed by atoms with van der Waals surface area (Å²) in [4.78, 5) is 0.183. The van der Waals surface area contributed by atoms with Gasteiger partial charge >= 0.3 is 0 Å². The monoisotopic (exact) mass is 487 g/mol. The fourth-order valence-electron chi connectivity index (χ4n) is 4.47. The third kappa shape index (κ3) is 6.95. The van der Waals surface area contributed by atoms with Crippen LogP contribution in [0.15, 0.2) is 29.2 Å². The van der Waals surface area contributed by atoms with E-state index in [4.69, 9.17) is 18.9 Å². The molecule has 3 rings (SSSR count). The maximum absolute atomic E-state index is 13.7. The fraction of sp³-hybridized carbons (Fsp3) is 0.739. The molecular formula is C23H37NO8S. The molecule has 2 saturated heterocycles. The van der Waals surface area contributed by atoms with E-state index in [-0.39, 0.29) is 31.2 Å². The number of hydrogen-bond acceptors (Lipinski definition) is 8. The second-order valence-corrected chi connectivity index (χ2v) is 11.7. The minimum Gasteiger partial charge on any atom is -0.394 e. The highest BCUT2D eigenvalue weighted by molar-refractivity contribution is 7.89. The van der Waals surface area contributed by atoms with Crippen LogP contribution in [0.4, 0.5) is 0 Å². The lowest BCUT2D eigenvalue weighted by molar-refractivity contribution is -0.309. The SMILES string of the molecule is Cc1ccc(S(=O)(=O)N(C[C@H]2C[C@@H](CO)OC(C)(C)O2)C[C@H]2C[C@@H](CO)OC(C)(C)O2)cc1. The number of aliphatic hydroxyl groups is 2. The Balaban J connectivity index is 1.88. The highest BCUT2D eigenvalue weighted by Gasteiger charge is 2.41. The van der Waals surface area contributed by atoms with Crippen molar-refractivity contribution in [3.8, 4) is 0 Å². The van der Waals surface area contributed by atoms with E-state index in [1.165, 1.54) is 4.31 Å². The lowest BCUT2D eigenvalue weighted by Gasteiger charge is -2.43. The summed E-state index contributed by atoms with van der Waals surface area (Å²) in [5, 5.41) is 19.3. The molecule has 1 aromatic carbocycles. The van der Waals surface area contributed by atoms with Crippen LogP contribution in [-0.4, -0.2) is 85.2 Å². The molecule has 10 heteroatoms. The van der Waals surface area contributed by atoms with Crippen molar-refractivity contribution in [2.45, 2.75) is 88.3 Å². The van der Waals surface area contributed by atoms with Gasteiger partial charge in [0.15, 0.2) is 11.6 Å². The lowest BCUT2D eigenvalue weighted by atomic mass is 10.1. The van der Waals surface area contributed by atoms with Crippen molar-refractivity contribution in [1.29, 1.82) is 0 Å². The number of rotatable bonds is 8. The first kappa shape index (κ1) is 26.5. The number of hydrogen-bond donors (Lipinski definition) is 2. The van der Waals surface area contributed by atoms with Gasteiger partial charge < -0.3 is 29.2 Å². The maximum atomic E-state index is 13.7. The Morgan fingerprint density at radius 1 is 0.818 bits per heavy atom. The van der Waals surface area contributed by atoms with Gasteiger partial charge in [-0.25, -0.2) is 8.42 Å². The summed E-state index contributed by atoms with van der Waals surface area (Å²) >= 11 is 0. The number of sulfonamides is 1. The summed E-state index contributed by atoms with van der Waals surface area (Å²) < 4.78 is 52.2. The normalized spacial score (nSPS) is 29.8. The van der Waals surface area contributed by atoms with Crippen LogP contribution < -0.4 is 0 Å². The third-order valence-corrected chi connectivity index (χ3v) is 7.58. The predicted octanol–water partition coefficient (Wildman–Crippen LogP) is 1.79. The van der Waals surface area contributed by atoms with Gasteiger partial charge in [-0.15, -0.1) is 0 Å². The van der Waals surface area contributed by atoms with E-state index >= 15 is 0 Å². The summed E-state index contributed by atoms with van der Waals surface area (Å²) in [5.74, 6) is -1.90. The van der Waals surface area contributed by atoms with Crippen molar-refractivity contribution in [3.63, 3.8) is 0 Å². The highest BCUT2D eigenvalue weighted by atomic mass is 32.2. The first-order valence-corrected chi connectivity index (χ1v) is 12.8. The number of nitrogens with zero attached hydrogens (tertiary/aromatic N) is 1. The molecule has 2 fully saturated rings. The van der Waals surface area contributed by atoms with Crippen LogP contribution in [0.5, 0.6) is 0 Å². The predicted molar refractivity (Wildman–Crippen MR) is 121 cm³/mol. The second-order valence-electron chi connectivity index (χ2n) is 9.73. The summed E-state index contributed by atoms with van der Waals surface area (Å²) in [5.41, 5.74) is 0.959. The molecule has 0 aromatic heterocycles. The molecule has 0 bridgehead atoms. The van der Waals surface area contributed by atoms with E-state index in [9.17, 15) is 18.6 Å². The lowest BCUT2D eigenvalue weighted by Crippen LogP contribution is -2.54. The Hall–Kier alpha value is -1.11. The molecular weight excluding hydrogens is 450 g/mol. The molecule has 0 aliphatic carbocycles. The Kier molecular flexibility index (Phi) is 8.23. The molecule has 0 amide bonds. The fourth-order valence-corrected chi connectivity index (χ4v) is 5.97. The Bertz CT molecular complexity index is 850. The van der Waals surface area contributed by atoms with Gasteiger partial charge in [-0.3, -0.25) is 0 Å². The first-order valence-electron chi connectivity index (χ1n) is 11.3. The van der Waals surface area contributed by atoms with Crippen LogP contribution in [0.3, 0.4) is 0 Å². The first-order chi connectivity index (χ1) is 15.3. The average molecular weight is 488 g/mol. The molecule has 2 aliphatic rings. The van der Waals surface area contributed by atoms with Crippen molar-refractivity contribution in [3.05, 3.63) is 29.8 Å². The molecule has 4 atom stereocenters. The number of benzene rings is 1. The number of aryl methyl sites for hydroxylation is 1. The zero-order valence-electron chi connectivity index (χ0n) is 20.1. The van der Waals surface area contributed by atoms with Gasteiger partial charge in [-0.2, -0.15) is 4.31 Å². The van der Waals surface area contributed by atoms with Crippen molar-refractivity contribution in [1.82, 2.24) is 4.31 Å². The second kappa shape index (κ2) is 10.2. The smallest absolute Gasteiger partial charge is 0.243 e. The number of ether oxygens (including phenoxy) is 4. The van der Waals surface area contributed by atoms with Crippen LogP contribution in [0, 0.1) is 6.92 Å². The summed E-state index contributed by atoms with van der Waals surface area (Å²) in [6.45, 7) is 8.68. The van der Waals surface area contributed by atoms with E-state index in [2.05, 4.69) is 0 Å². The molecule has 9 nitrogen and oxygen atoms in total. The van der Waals surface area contributed by atoms with Gasteiger partial charge in [-0.1, -0.05) is 17.7 Å². The Morgan fingerprint density at radius 2 is 1.21 bits per heavy atom. The van der Waals surface area contributed by atoms with E-state index in [0.29, 0.717) is 12.8 Å². The van der Waals surface area contributed by atoms with Gasteiger partial charge in [0, 0.05) is 25.9 Å². The molecule has 2 aliphatic heterocycles. The topological polar surface area (TPSA) is 115 Å². The molecule has 2 heterocycles. The maximum Gasteiger partial charge on any atom is 0.243 e. The van der Waals surface area contributed by atoms with E-state index in [1.54, 1.807) is 52.0 Å². The molecule has 0 saturated carbocycles. The minimum absolute atomic E-state index is 0.0738. The Morgan fingerprint density at radius 3 is 1.61 bits per heavy atom. The van der Waals surface area contributed by atoms with Crippen LogP contribution in [0.2, 0.25) is 0 Å². The van der Waals surface area contributed by atoms with Crippen LogP contribution >= 0.6 is 0 Å². The van der Waals surface area contributed by atoms with Crippen molar-refractivity contribution < 1.29 is 37.6 Å². The molecule has 0 spiro atoms.